The number of benzene rings is 2. The summed E-state index contributed by atoms with van der Waals surface area (Å²) >= 11 is 0. The van der Waals surface area contributed by atoms with Gasteiger partial charge in [0.05, 0.1) is 25.5 Å². The molecule has 2 heterocycles. The van der Waals surface area contributed by atoms with Crippen LogP contribution in [-0.2, 0) is 0 Å². The minimum atomic E-state index is -0.201. The molecule has 0 unspecified atom stereocenters. The third-order valence-corrected chi connectivity index (χ3v) is 6.14. The second kappa shape index (κ2) is 10.4. The molecular formula is C27H29N3O4. The number of piperidine rings is 1. The number of pyridine rings is 1. The van der Waals surface area contributed by atoms with Gasteiger partial charge in [-0.25, -0.2) is 0 Å². The first-order chi connectivity index (χ1) is 16.5. The minimum Gasteiger partial charge on any atom is -0.497 e. The molecule has 0 radical (unpaired) electrons. The number of nitrogens with zero attached hydrogens (tertiary/aromatic N) is 2. The average Bonchev–Trinajstić information content (AvgIpc) is 2.88. The fourth-order valence-electron chi connectivity index (χ4n) is 4.25. The van der Waals surface area contributed by atoms with Crippen molar-refractivity contribution in [2.75, 3.05) is 32.6 Å². The molecule has 1 aliphatic rings. The zero-order chi connectivity index (χ0) is 24.1. The van der Waals surface area contributed by atoms with Gasteiger partial charge in [-0.05, 0) is 68.3 Å². The maximum atomic E-state index is 13.1. The smallest absolute Gasteiger partial charge is 0.257 e. The van der Waals surface area contributed by atoms with E-state index in [2.05, 4.69) is 5.32 Å². The molecule has 3 aromatic rings. The Morgan fingerprint density at radius 1 is 0.941 bits per heavy atom. The van der Waals surface area contributed by atoms with Crippen molar-refractivity contribution >= 4 is 17.5 Å². The van der Waals surface area contributed by atoms with E-state index in [1.807, 2.05) is 42.2 Å². The van der Waals surface area contributed by atoms with E-state index in [4.69, 9.17) is 14.5 Å². The molecule has 2 amide bonds. The average molecular weight is 460 g/mol. The van der Waals surface area contributed by atoms with Crippen LogP contribution in [0.5, 0.6) is 11.5 Å². The SMILES string of the molecule is COc1ccc(C(=O)N2CCC(c3nc(C)ccc3C(=O)Nc3cccc(OC)c3)CC2)cc1. The summed E-state index contributed by atoms with van der Waals surface area (Å²) in [7, 11) is 3.20. The summed E-state index contributed by atoms with van der Waals surface area (Å²) in [6, 6.07) is 18.1. The number of anilines is 1. The van der Waals surface area contributed by atoms with Crippen LogP contribution in [0.3, 0.4) is 0 Å². The van der Waals surface area contributed by atoms with E-state index in [1.165, 1.54) is 0 Å². The third kappa shape index (κ3) is 5.20. The standard InChI is InChI=1S/C27H29N3O4/c1-18-7-12-24(26(31)29-21-5-4-6-23(17-21)34-3)25(28-18)19-13-15-30(16-14-19)27(32)20-8-10-22(33-2)11-9-20/h4-12,17,19H,13-16H2,1-3H3,(H,29,31). The summed E-state index contributed by atoms with van der Waals surface area (Å²) in [5, 5.41) is 2.96. The Morgan fingerprint density at radius 3 is 2.32 bits per heavy atom. The largest absolute Gasteiger partial charge is 0.497 e. The maximum Gasteiger partial charge on any atom is 0.257 e. The number of aromatic nitrogens is 1. The highest BCUT2D eigenvalue weighted by Crippen LogP contribution is 2.31. The van der Waals surface area contributed by atoms with Gasteiger partial charge in [-0.3, -0.25) is 14.6 Å². The monoisotopic (exact) mass is 459 g/mol. The normalized spacial score (nSPS) is 13.9. The highest BCUT2D eigenvalue weighted by atomic mass is 16.5. The number of hydrogen-bond acceptors (Lipinski definition) is 5. The zero-order valence-corrected chi connectivity index (χ0v) is 19.7. The Bertz CT molecular complexity index is 1170. The van der Waals surface area contributed by atoms with Crippen LogP contribution in [-0.4, -0.2) is 49.0 Å². The molecule has 0 spiro atoms. The van der Waals surface area contributed by atoms with E-state index in [0.717, 1.165) is 30.0 Å². The highest BCUT2D eigenvalue weighted by Gasteiger charge is 2.28. The van der Waals surface area contributed by atoms with Gasteiger partial charge in [0.1, 0.15) is 11.5 Å². The molecule has 0 saturated carbocycles. The van der Waals surface area contributed by atoms with Crippen molar-refractivity contribution in [1.29, 1.82) is 0 Å². The quantitative estimate of drug-likeness (QED) is 0.579. The summed E-state index contributed by atoms with van der Waals surface area (Å²) in [6.45, 7) is 3.15. The van der Waals surface area contributed by atoms with Crippen LogP contribution in [0.1, 0.15) is 50.9 Å². The minimum absolute atomic E-state index is 0.00861. The summed E-state index contributed by atoms with van der Waals surface area (Å²) in [5.41, 5.74) is 3.53. The molecule has 176 valence electrons. The Labute approximate surface area is 199 Å². The Morgan fingerprint density at radius 2 is 1.65 bits per heavy atom. The summed E-state index contributed by atoms with van der Waals surface area (Å²) in [6.07, 6.45) is 1.50. The van der Waals surface area contributed by atoms with Crippen LogP contribution >= 0.6 is 0 Å². The van der Waals surface area contributed by atoms with Crippen molar-refractivity contribution < 1.29 is 19.1 Å². The van der Waals surface area contributed by atoms with E-state index >= 15 is 0 Å². The molecule has 0 aliphatic carbocycles. The number of amides is 2. The van der Waals surface area contributed by atoms with Crippen LogP contribution in [0.15, 0.2) is 60.7 Å². The zero-order valence-electron chi connectivity index (χ0n) is 19.7. The molecule has 34 heavy (non-hydrogen) atoms. The van der Waals surface area contributed by atoms with E-state index in [-0.39, 0.29) is 17.7 Å². The Balaban J connectivity index is 1.46. The summed E-state index contributed by atoms with van der Waals surface area (Å²) in [5.74, 6) is 1.31. The van der Waals surface area contributed by atoms with Crippen LogP contribution in [0, 0.1) is 6.92 Å². The van der Waals surface area contributed by atoms with Gasteiger partial charge in [0.25, 0.3) is 11.8 Å². The lowest BCUT2D eigenvalue weighted by atomic mass is 9.89. The summed E-state index contributed by atoms with van der Waals surface area (Å²) in [4.78, 5) is 32.7. The number of likely N-dealkylation sites (tertiary alicyclic amines) is 1. The highest BCUT2D eigenvalue weighted by molar-refractivity contribution is 6.05. The predicted molar refractivity (Wildman–Crippen MR) is 131 cm³/mol. The predicted octanol–water partition coefficient (Wildman–Crippen LogP) is 4.68. The molecule has 1 N–H and O–H groups in total. The second-order valence-corrected chi connectivity index (χ2v) is 8.37. The molecule has 0 atom stereocenters. The lowest BCUT2D eigenvalue weighted by Gasteiger charge is -2.32. The number of carbonyl (C=O) groups excluding carboxylic acids is 2. The van der Waals surface area contributed by atoms with Gasteiger partial charge in [0.2, 0.25) is 0 Å². The van der Waals surface area contributed by atoms with E-state index in [9.17, 15) is 9.59 Å². The van der Waals surface area contributed by atoms with Crippen molar-refractivity contribution in [2.45, 2.75) is 25.7 Å². The van der Waals surface area contributed by atoms with Crippen LogP contribution in [0.25, 0.3) is 0 Å². The van der Waals surface area contributed by atoms with E-state index in [0.29, 0.717) is 35.7 Å². The van der Waals surface area contributed by atoms with Crippen LogP contribution in [0.2, 0.25) is 0 Å². The molecule has 7 nitrogen and oxygen atoms in total. The van der Waals surface area contributed by atoms with E-state index in [1.54, 1.807) is 44.6 Å². The van der Waals surface area contributed by atoms with Crippen LogP contribution < -0.4 is 14.8 Å². The molecule has 7 heteroatoms. The second-order valence-electron chi connectivity index (χ2n) is 8.37. The first-order valence-electron chi connectivity index (χ1n) is 11.3. The number of methoxy groups -OCH3 is 2. The molecule has 1 saturated heterocycles. The molecule has 0 bridgehead atoms. The number of ether oxygens (including phenoxy) is 2. The van der Waals surface area contributed by atoms with Gasteiger partial charge in [-0.15, -0.1) is 0 Å². The van der Waals surface area contributed by atoms with Crippen molar-refractivity contribution in [3.63, 3.8) is 0 Å². The lowest BCUT2D eigenvalue weighted by Crippen LogP contribution is -2.38. The van der Waals surface area contributed by atoms with Crippen LogP contribution in [0.4, 0.5) is 5.69 Å². The molecule has 4 rings (SSSR count). The van der Waals surface area contributed by atoms with Gasteiger partial charge in [0, 0.05) is 42.0 Å². The van der Waals surface area contributed by atoms with Crippen molar-refractivity contribution in [3.05, 3.63) is 83.2 Å². The van der Waals surface area contributed by atoms with Gasteiger partial charge in [0.15, 0.2) is 0 Å². The molecule has 2 aromatic carbocycles. The fourth-order valence-corrected chi connectivity index (χ4v) is 4.25. The van der Waals surface area contributed by atoms with Crippen molar-refractivity contribution in [3.8, 4) is 11.5 Å². The lowest BCUT2D eigenvalue weighted by molar-refractivity contribution is 0.0711. The first-order valence-corrected chi connectivity index (χ1v) is 11.3. The number of carbonyl (C=O) groups is 2. The van der Waals surface area contributed by atoms with Gasteiger partial charge in [-0.1, -0.05) is 6.07 Å². The number of aryl methyl sites for hydroxylation is 1. The third-order valence-electron chi connectivity index (χ3n) is 6.14. The molecular weight excluding hydrogens is 430 g/mol. The van der Waals surface area contributed by atoms with Gasteiger partial charge in [-0.2, -0.15) is 0 Å². The number of hydrogen-bond donors (Lipinski definition) is 1. The fraction of sp³-hybridized carbons (Fsp3) is 0.296. The van der Waals surface area contributed by atoms with E-state index < -0.39 is 0 Å². The first kappa shape index (κ1) is 23.3. The van der Waals surface area contributed by atoms with Gasteiger partial charge < -0.3 is 19.7 Å². The molecule has 1 fully saturated rings. The van der Waals surface area contributed by atoms with Crippen molar-refractivity contribution in [1.82, 2.24) is 9.88 Å². The molecule has 1 aliphatic heterocycles. The summed E-state index contributed by atoms with van der Waals surface area (Å²) < 4.78 is 10.4. The maximum absolute atomic E-state index is 13.1. The topological polar surface area (TPSA) is 80.8 Å². The van der Waals surface area contributed by atoms with Crippen molar-refractivity contribution in [2.24, 2.45) is 0 Å². The van der Waals surface area contributed by atoms with Gasteiger partial charge >= 0.3 is 0 Å². The molecule has 1 aromatic heterocycles. The number of nitrogens with one attached hydrogen (secondary N) is 1. The Kier molecular flexibility index (Phi) is 7.11. The Hall–Kier alpha value is -3.87. The number of rotatable bonds is 6.